The summed E-state index contributed by atoms with van der Waals surface area (Å²) in [5.74, 6) is -1.40. The topological polar surface area (TPSA) is 112 Å². The normalized spacial score (nSPS) is 12.1. The lowest BCUT2D eigenvalue weighted by molar-refractivity contribution is -0.144. The molecule has 0 fully saturated rings. The molecule has 0 aliphatic rings. The van der Waals surface area contributed by atoms with Gasteiger partial charge in [0.25, 0.3) is 0 Å². The molecular formula is C11H16N2O4. The zero-order chi connectivity index (χ0) is 13.4. The van der Waals surface area contributed by atoms with Crippen molar-refractivity contribution in [3.8, 4) is 0 Å². The highest BCUT2D eigenvalue weighted by molar-refractivity contribution is 6.02. The van der Waals surface area contributed by atoms with Crippen LogP contribution in [0.5, 0.6) is 0 Å². The van der Waals surface area contributed by atoms with E-state index in [1.54, 1.807) is 0 Å². The lowest BCUT2D eigenvalue weighted by atomic mass is 10.2. The van der Waals surface area contributed by atoms with Crippen molar-refractivity contribution in [2.45, 2.75) is 20.3 Å². The van der Waals surface area contributed by atoms with Gasteiger partial charge in [-0.1, -0.05) is 0 Å². The summed E-state index contributed by atoms with van der Waals surface area (Å²) in [6.07, 6.45) is 1.90. The van der Waals surface area contributed by atoms with Gasteiger partial charge in [0.05, 0.1) is 0 Å². The van der Waals surface area contributed by atoms with Crippen molar-refractivity contribution < 1.29 is 19.1 Å². The number of ketones is 2. The maximum absolute atomic E-state index is 11.1. The van der Waals surface area contributed by atoms with Crippen LogP contribution in [0.1, 0.15) is 20.3 Å². The maximum Gasteiger partial charge on any atom is 0.314 e. The van der Waals surface area contributed by atoms with Crippen LogP contribution in [0.2, 0.25) is 0 Å². The number of rotatable bonds is 6. The van der Waals surface area contributed by atoms with Gasteiger partial charge in [0, 0.05) is 23.5 Å². The Morgan fingerprint density at radius 3 is 2.18 bits per heavy atom. The van der Waals surface area contributed by atoms with Crippen LogP contribution in [-0.2, 0) is 19.1 Å². The summed E-state index contributed by atoms with van der Waals surface area (Å²) in [5, 5.41) is 0. The van der Waals surface area contributed by atoms with Crippen molar-refractivity contribution in [1.29, 1.82) is 0 Å². The molecule has 17 heavy (non-hydrogen) atoms. The summed E-state index contributed by atoms with van der Waals surface area (Å²) in [6.45, 7) is 2.65. The van der Waals surface area contributed by atoms with Crippen LogP contribution >= 0.6 is 0 Å². The van der Waals surface area contributed by atoms with Crippen LogP contribution in [-0.4, -0.2) is 24.1 Å². The first-order chi connectivity index (χ1) is 7.81. The number of carbonyl (C=O) groups is 3. The van der Waals surface area contributed by atoms with E-state index in [0.29, 0.717) is 5.70 Å². The van der Waals surface area contributed by atoms with E-state index in [1.807, 2.05) is 0 Å². The number of esters is 1. The van der Waals surface area contributed by atoms with Crippen molar-refractivity contribution in [1.82, 2.24) is 0 Å². The summed E-state index contributed by atoms with van der Waals surface area (Å²) in [4.78, 5) is 32.9. The second-order valence-electron chi connectivity index (χ2n) is 3.52. The summed E-state index contributed by atoms with van der Waals surface area (Å²) in [6, 6.07) is 0. The zero-order valence-electron chi connectivity index (χ0n) is 9.86. The van der Waals surface area contributed by atoms with E-state index in [9.17, 15) is 14.4 Å². The Bertz CT molecular complexity index is 379. The van der Waals surface area contributed by atoms with Crippen molar-refractivity contribution in [3.05, 3.63) is 23.5 Å². The zero-order valence-corrected chi connectivity index (χ0v) is 9.86. The molecule has 6 nitrogen and oxygen atoms in total. The molecular weight excluding hydrogens is 224 g/mol. The third-order valence-corrected chi connectivity index (χ3v) is 1.50. The van der Waals surface area contributed by atoms with Gasteiger partial charge in [-0.25, -0.2) is 0 Å². The molecule has 4 N–H and O–H groups in total. The number of hydrogen-bond donors (Lipinski definition) is 2. The van der Waals surface area contributed by atoms with E-state index in [1.165, 1.54) is 13.8 Å². The highest BCUT2D eigenvalue weighted by Gasteiger charge is 2.09. The minimum atomic E-state index is -0.715. The van der Waals surface area contributed by atoms with Crippen LogP contribution in [0.3, 0.4) is 0 Å². The third-order valence-electron chi connectivity index (χ3n) is 1.50. The van der Waals surface area contributed by atoms with Gasteiger partial charge in [-0.05, 0) is 13.8 Å². The third kappa shape index (κ3) is 8.86. The molecule has 0 unspecified atom stereocenters. The molecule has 0 rings (SSSR count). The van der Waals surface area contributed by atoms with Crippen LogP contribution < -0.4 is 11.5 Å². The number of nitrogens with two attached hydrogens (primary N) is 2. The highest BCUT2D eigenvalue weighted by Crippen LogP contribution is 1.95. The predicted octanol–water partition coefficient (Wildman–Crippen LogP) is -0.217. The van der Waals surface area contributed by atoms with Gasteiger partial charge in [0.1, 0.15) is 13.0 Å². The van der Waals surface area contributed by atoms with E-state index in [4.69, 9.17) is 11.5 Å². The average molecular weight is 240 g/mol. The summed E-state index contributed by atoms with van der Waals surface area (Å²) in [7, 11) is 0. The SMILES string of the molecule is CC(=O)C=C(N)COC(=O)CC(=O)C=C(C)N. The number of ether oxygens (including phenoxy) is 1. The Morgan fingerprint density at radius 1 is 1.12 bits per heavy atom. The van der Waals surface area contributed by atoms with Gasteiger partial charge in [-0.2, -0.15) is 0 Å². The van der Waals surface area contributed by atoms with Crippen LogP contribution in [0.4, 0.5) is 0 Å². The molecule has 0 saturated heterocycles. The minimum Gasteiger partial charge on any atom is -0.459 e. The monoisotopic (exact) mass is 240 g/mol. The molecule has 0 saturated carbocycles. The Morgan fingerprint density at radius 2 is 1.71 bits per heavy atom. The lowest BCUT2D eigenvalue weighted by Gasteiger charge is -2.03. The van der Waals surface area contributed by atoms with Crippen LogP contribution in [0.25, 0.3) is 0 Å². The summed E-state index contributed by atoms with van der Waals surface area (Å²) < 4.78 is 4.68. The minimum absolute atomic E-state index is 0.129. The molecule has 0 amide bonds. The number of carbonyl (C=O) groups excluding carboxylic acids is 3. The standard InChI is InChI=1S/C11H16N2O4/c1-7(12)3-10(15)5-11(16)17-6-9(13)4-8(2)14/h3-4H,5-6,12-13H2,1-2H3. The van der Waals surface area contributed by atoms with Gasteiger partial charge in [-0.3, -0.25) is 14.4 Å². The first-order valence-electron chi connectivity index (χ1n) is 4.90. The molecule has 0 radical (unpaired) electrons. The second kappa shape index (κ2) is 7.21. The van der Waals surface area contributed by atoms with Crippen molar-refractivity contribution >= 4 is 17.5 Å². The van der Waals surface area contributed by atoms with E-state index >= 15 is 0 Å². The summed E-state index contributed by atoms with van der Waals surface area (Å²) >= 11 is 0. The predicted molar refractivity (Wildman–Crippen MR) is 61.5 cm³/mol. The maximum atomic E-state index is 11.1. The number of hydrogen-bond acceptors (Lipinski definition) is 6. The Kier molecular flexibility index (Phi) is 6.32. The quantitative estimate of drug-likeness (QED) is 0.377. The van der Waals surface area contributed by atoms with E-state index < -0.39 is 18.2 Å². The first-order valence-corrected chi connectivity index (χ1v) is 4.90. The van der Waals surface area contributed by atoms with Gasteiger partial charge >= 0.3 is 5.97 Å². The second-order valence-corrected chi connectivity index (χ2v) is 3.52. The molecule has 0 aromatic rings. The Balaban J connectivity index is 4.09. The van der Waals surface area contributed by atoms with E-state index in [-0.39, 0.29) is 18.1 Å². The summed E-state index contributed by atoms with van der Waals surface area (Å²) in [5.41, 5.74) is 11.1. The molecule has 0 bridgehead atoms. The molecule has 0 atom stereocenters. The van der Waals surface area contributed by atoms with Gasteiger partial charge in [0.2, 0.25) is 0 Å². The fraction of sp³-hybridized carbons (Fsp3) is 0.364. The molecule has 6 heteroatoms. The largest absolute Gasteiger partial charge is 0.459 e. The Labute approximate surface area is 99.3 Å². The van der Waals surface area contributed by atoms with Crippen LogP contribution in [0.15, 0.2) is 23.5 Å². The first kappa shape index (κ1) is 14.9. The number of allylic oxidation sites excluding steroid dienone is 3. The van der Waals surface area contributed by atoms with Crippen LogP contribution in [0, 0.1) is 0 Å². The van der Waals surface area contributed by atoms with E-state index in [2.05, 4.69) is 4.74 Å². The van der Waals surface area contributed by atoms with Crippen molar-refractivity contribution in [2.75, 3.05) is 6.61 Å². The molecule has 94 valence electrons. The van der Waals surface area contributed by atoms with Crippen molar-refractivity contribution in [3.63, 3.8) is 0 Å². The van der Waals surface area contributed by atoms with Crippen molar-refractivity contribution in [2.24, 2.45) is 11.5 Å². The molecule has 0 aliphatic carbocycles. The smallest absolute Gasteiger partial charge is 0.314 e. The highest BCUT2D eigenvalue weighted by atomic mass is 16.5. The molecule has 0 aliphatic heterocycles. The van der Waals surface area contributed by atoms with Gasteiger partial charge < -0.3 is 16.2 Å². The fourth-order valence-electron chi connectivity index (χ4n) is 0.965. The average Bonchev–Trinajstić information content (AvgIpc) is 2.12. The Hall–Kier alpha value is -2.11. The fourth-order valence-corrected chi connectivity index (χ4v) is 0.965. The molecule has 0 aromatic carbocycles. The lowest BCUT2D eigenvalue weighted by Crippen LogP contribution is -2.15. The van der Waals surface area contributed by atoms with Gasteiger partial charge in [0.15, 0.2) is 11.6 Å². The molecule has 0 aromatic heterocycles. The molecule has 0 spiro atoms. The van der Waals surface area contributed by atoms with E-state index in [0.717, 1.165) is 12.2 Å². The molecule has 0 heterocycles. The van der Waals surface area contributed by atoms with Gasteiger partial charge in [-0.15, -0.1) is 0 Å².